The summed E-state index contributed by atoms with van der Waals surface area (Å²) in [5.74, 6) is 2.01. The number of ether oxygens (including phenoxy) is 1. The van der Waals surface area contributed by atoms with Crippen LogP contribution >= 0.6 is 11.8 Å². The first kappa shape index (κ1) is 18.8. The Morgan fingerprint density at radius 2 is 2.19 bits per heavy atom. The number of rotatable bonds is 7. The van der Waals surface area contributed by atoms with E-state index in [0.29, 0.717) is 17.0 Å². The summed E-state index contributed by atoms with van der Waals surface area (Å²) in [6.07, 6.45) is 4.71. The van der Waals surface area contributed by atoms with Crippen LogP contribution in [0.4, 0.5) is 0 Å². The smallest absolute Gasteiger partial charge is 0.277 e. The van der Waals surface area contributed by atoms with E-state index in [4.69, 9.17) is 9.15 Å². The van der Waals surface area contributed by atoms with Gasteiger partial charge >= 0.3 is 0 Å². The summed E-state index contributed by atoms with van der Waals surface area (Å²) in [4.78, 5) is 12.1. The fourth-order valence-electron chi connectivity index (χ4n) is 3.11. The molecule has 6 nitrogen and oxygen atoms in total. The van der Waals surface area contributed by atoms with Crippen molar-refractivity contribution in [2.75, 3.05) is 5.75 Å². The van der Waals surface area contributed by atoms with Crippen molar-refractivity contribution in [3.63, 3.8) is 0 Å². The highest BCUT2D eigenvalue weighted by atomic mass is 32.2. The second kappa shape index (κ2) is 9.07. The molecule has 0 spiro atoms. The number of thioether (sulfide) groups is 1. The van der Waals surface area contributed by atoms with Gasteiger partial charge in [-0.25, -0.2) is 0 Å². The molecule has 2 aromatic rings. The van der Waals surface area contributed by atoms with Gasteiger partial charge in [0.2, 0.25) is 5.91 Å². The Bertz CT molecular complexity index is 734. The number of aromatic nitrogens is 2. The van der Waals surface area contributed by atoms with E-state index in [9.17, 15) is 4.79 Å². The van der Waals surface area contributed by atoms with Crippen LogP contribution in [0.1, 0.15) is 44.1 Å². The third-order valence-corrected chi connectivity index (χ3v) is 5.40. The second-order valence-electron chi connectivity index (χ2n) is 6.79. The molecule has 0 bridgehead atoms. The molecule has 26 heavy (non-hydrogen) atoms. The molecule has 0 unspecified atom stereocenters. The number of carbonyl (C=O) groups is 1. The van der Waals surface area contributed by atoms with Crippen molar-refractivity contribution in [3.8, 4) is 5.75 Å². The van der Waals surface area contributed by atoms with Crippen LogP contribution in [0.15, 0.2) is 33.9 Å². The van der Waals surface area contributed by atoms with Gasteiger partial charge in [-0.1, -0.05) is 43.7 Å². The van der Waals surface area contributed by atoms with Crippen LogP contribution in [0.5, 0.6) is 5.75 Å². The van der Waals surface area contributed by atoms with E-state index in [1.54, 1.807) is 0 Å². The number of nitrogens with zero attached hydrogens (tertiary/aromatic N) is 2. The van der Waals surface area contributed by atoms with E-state index < -0.39 is 0 Å². The lowest BCUT2D eigenvalue weighted by molar-refractivity contribution is -0.119. The van der Waals surface area contributed by atoms with Crippen molar-refractivity contribution in [1.29, 1.82) is 0 Å². The highest BCUT2D eigenvalue weighted by Gasteiger charge is 2.23. The minimum absolute atomic E-state index is 0.0181. The van der Waals surface area contributed by atoms with Gasteiger partial charge in [0.05, 0.1) is 5.75 Å². The number of aryl methyl sites for hydroxylation is 1. The van der Waals surface area contributed by atoms with Crippen molar-refractivity contribution in [3.05, 3.63) is 35.7 Å². The SMILES string of the molecule is Cc1cccc(OCc2nnc(SCC(=O)N[C@H]3CCCC[C@@H]3C)o2)c1. The van der Waals surface area contributed by atoms with Crippen molar-refractivity contribution in [1.82, 2.24) is 15.5 Å². The molecule has 3 rings (SSSR count). The Balaban J connectivity index is 1.42. The summed E-state index contributed by atoms with van der Waals surface area (Å²) in [5, 5.41) is 11.4. The standard InChI is InChI=1S/C19H25N3O3S/c1-13-6-5-8-15(10-13)24-11-18-21-22-19(25-18)26-12-17(23)20-16-9-4-3-7-14(16)2/h5-6,8,10,14,16H,3-4,7,9,11-12H2,1-2H3,(H,20,23)/t14-,16-/m0/s1. The Labute approximate surface area is 158 Å². The monoisotopic (exact) mass is 375 g/mol. The van der Waals surface area contributed by atoms with Gasteiger partial charge in [0, 0.05) is 6.04 Å². The predicted octanol–water partition coefficient (Wildman–Crippen LogP) is 3.74. The summed E-state index contributed by atoms with van der Waals surface area (Å²) in [5.41, 5.74) is 1.13. The molecule has 7 heteroatoms. The first-order chi connectivity index (χ1) is 12.6. The first-order valence-corrected chi connectivity index (χ1v) is 10.0. The maximum atomic E-state index is 12.1. The van der Waals surface area contributed by atoms with E-state index in [-0.39, 0.29) is 24.3 Å². The molecule has 1 aliphatic rings. The lowest BCUT2D eigenvalue weighted by Gasteiger charge is -2.29. The molecule has 0 aliphatic heterocycles. The summed E-state index contributed by atoms with van der Waals surface area (Å²) >= 11 is 1.26. The van der Waals surface area contributed by atoms with Gasteiger partial charge in [-0.15, -0.1) is 10.2 Å². The number of carbonyl (C=O) groups excluding carboxylic acids is 1. The Morgan fingerprint density at radius 1 is 1.35 bits per heavy atom. The Kier molecular flexibility index (Phi) is 6.55. The minimum Gasteiger partial charge on any atom is -0.484 e. The molecule has 1 N–H and O–H groups in total. The molecule has 0 saturated heterocycles. The van der Waals surface area contributed by atoms with E-state index in [1.165, 1.54) is 31.0 Å². The van der Waals surface area contributed by atoms with Gasteiger partial charge in [-0.2, -0.15) is 0 Å². The van der Waals surface area contributed by atoms with Crippen LogP contribution in [0, 0.1) is 12.8 Å². The number of nitrogens with one attached hydrogen (secondary N) is 1. The van der Waals surface area contributed by atoms with E-state index >= 15 is 0 Å². The summed E-state index contributed by atoms with van der Waals surface area (Å²) < 4.78 is 11.2. The van der Waals surface area contributed by atoms with E-state index in [0.717, 1.165) is 17.7 Å². The average Bonchev–Trinajstić information content (AvgIpc) is 3.08. The van der Waals surface area contributed by atoms with Crippen LogP contribution in [0.25, 0.3) is 0 Å². The second-order valence-corrected chi connectivity index (χ2v) is 7.72. The van der Waals surface area contributed by atoms with Crippen molar-refractivity contribution < 1.29 is 13.9 Å². The van der Waals surface area contributed by atoms with Crippen LogP contribution in [0.3, 0.4) is 0 Å². The molecule has 1 heterocycles. The van der Waals surface area contributed by atoms with Gasteiger partial charge in [-0.05, 0) is 43.4 Å². The van der Waals surface area contributed by atoms with Gasteiger partial charge in [0.25, 0.3) is 11.1 Å². The maximum absolute atomic E-state index is 12.1. The Hall–Kier alpha value is -2.02. The molecule has 1 aromatic heterocycles. The first-order valence-electron chi connectivity index (χ1n) is 9.04. The van der Waals surface area contributed by atoms with Gasteiger partial charge in [0.1, 0.15) is 5.75 Å². The van der Waals surface area contributed by atoms with E-state index in [1.807, 2.05) is 31.2 Å². The van der Waals surface area contributed by atoms with E-state index in [2.05, 4.69) is 22.4 Å². The number of hydrogen-bond donors (Lipinski definition) is 1. The fraction of sp³-hybridized carbons (Fsp3) is 0.526. The highest BCUT2D eigenvalue weighted by Crippen LogP contribution is 2.24. The zero-order valence-corrected chi connectivity index (χ0v) is 16.1. The topological polar surface area (TPSA) is 77.2 Å². The molecule has 1 amide bonds. The zero-order valence-electron chi connectivity index (χ0n) is 15.2. The van der Waals surface area contributed by atoms with Crippen molar-refractivity contribution >= 4 is 17.7 Å². The third-order valence-electron chi connectivity index (χ3n) is 4.58. The quantitative estimate of drug-likeness (QED) is 0.743. The largest absolute Gasteiger partial charge is 0.484 e. The average molecular weight is 375 g/mol. The molecule has 1 aromatic carbocycles. The van der Waals surface area contributed by atoms with Crippen LogP contribution < -0.4 is 10.1 Å². The Morgan fingerprint density at radius 3 is 3.00 bits per heavy atom. The van der Waals surface area contributed by atoms with Crippen molar-refractivity contribution in [2.24, 2.45) is 5.92 Å². The molecular formula is C19H25N3O3S. The predicted molar refractivity (Wildman–Crippen MR) is 100 cm³/mol. The van der Waals surface area contributed by atoms with Gasteiger partial charge < -0.3 is 14.5 Å². The lowest BCUT2D eigenvalue weighted by atomic mass is 9.86. The minimum atomic E-state index is 0.0181. The number of benzene rings is 1. The van der Waals surface area contributed by atoms with Gasteiger partial charge in [-0.3, -0.25) is 4.79 Å². The number of amides is 1. The lowest BCUT2D eigenvalue weighted by Crippen LogP contribution is -2.41. The van der Waals surface area contributed by atoms with Crippen LogP contribution in [-0.2, 0) is 11.4 Å². The highest BCUT2D eigenvalue weighted by molar-refractivity contribution is 7.99. The number of hydrogen-bond acceptors (Lipinski definition) is 6. The summed E-state index contributed by atoms with van der Waals surface area (Å²) in [6, 6.07) is 8.06. The summed E-state index contributed by atoms with van der Waals surface area (Å²) in [7, 11) is 0. The maximum Gasteiger partial charge on any atom is 0.277 e. The van der Waals surface area contributed by atoms with Crippen LogP contribution in [0.2, 0.25) is 0 Å². The third kappa shape index (κ3) is 5.49. The molecule has 1 aliphatic carbocycles. The summed E-state index contributed by atoms with van der Waals surface area (Å²) in [6.45, 7) is 4.42. The van der Waals surface area contributed by atoms with Crippen LogP contribution in [-0.4, -0.2) is 27.9 Å². The zero-order chi connectivity index (χ0) is 18.4. The molecule has 1 saturated carbocycles. The normalized spacial score (nSPS) is 19.9. The fourth-order valence-corrected chi connectivity index (χ4v) is 3.70. The molecule has 140 valence electrons. The van der Waals surface area contributed by atoms with Gasteiger partial charge in [0.15, 0.2) is 6.61 Å². The molecule has 1 fully saturated rings. The molecular weight excluding hydrogens is 350 g/mol. The molecule has 0 radical (unpaired) electrons. The molecule has 2 atom stereocenters. The van der Waals surface area contributed by atoms with Crippen molar-refractivity contribution in [2.45, 2.75) is 57.4 Å².